The lowest BCUT2D eigenvalue weighted by Crippen LogP contribution is -2.28. The van der Waals surface area contributed by atoms with Crippen molar-refractivity contribution in [3.05, 3.63) is 63.7 Å². The summed E-state index contributed by atoms with van der Waals surface area (Å²) in [6.07, 6.45) is 0. The van der Waals surface area contributed by atoms with Crippen molar-refractivity contribution in [2.24, 2.45) is 0 Å². The number of amides is 1. The average Bonchev–Trinajstić information content (AvgIpc) is 2.61. The Labute approximate surface area is 152 Å². The van der Waals surface area contributed by atoms with Crippen molar-refractivity contribution in [3.8, 4) is 5.75 Å². The molecule has 7 heteroatoms. The van der Waals surface area contributed by atoms with Crippen LogP contribution < -0.4 is 15.0 Å². The fourth-order valence-corrected chi connectivity index (χ4v) is 2.59. The van der Waals surface area contributed by atoms with Crippen LogP contribution >= 0.6 is 0 Å². The molecule has 1 amide bonds. The van der Waals surface area contributed by atoms with Crippen molar-refractivity contribution in [2.45, 2.75) is 19.9 Å². The number of carbonyl (C=O) groups excluding carboxylic acids is 1. The molecule has 1 atom stereocenters. The predicted octanol–water partition coefficient (Wildman–Crippen LogP) is 3.55. The molecule has 7 nitrogen and oxygen atoms in total. The molecule has 138 valence electrons. The minimum absolute atomic E-state index is 0.116. The number of ether oxygens (including phenoxy) is 1. The molecule has 0 aliphatic rings. The number of non-ortho nitro benzene ring substituents is 1. The van der Waals surface area contributed by atoms with Crippen LogP contribution in [0.2, 0.25) is 0 Å². The Morgan fingerprint density at radius 1 is 1.23 bits per heavy atom. The number of hydrogen-bond acceptors (Lipinski definition) is 5. The van der Waals surface area contributed by atoms with Gasteiger partial charge in [0.25, 0.3) is 11.6 Å². The van der Waals surface area contributed by atoms with E-state index in [2.05, 4.69) is 5.32 Å². The van der Waals surface area contributed by atoms with E-state index in [1.54, 1.807) is 25.1 Å². The first-order valence-corrected chi connectivity index (χ1v) is 8.32. The number of nitrogens with zero attached hydrogens (tertiary/aromatic N) is 2. The molecule has 0 bridgehead atoms. The van der Waals surface area contributed by atoms with Crippen molar-refractivity contribution >= 4 is 17.3 Å². The van der Waals surface area contributed by atoms with Crippen molar-refractivity contribution in [1.82, 2.24) is 5.32 Å². The molecule has 2 aromatic rings. The Hall–Kier alpha value is -3.09. The minimum atomic E-state index is -0.508. The van der Waals surface area contributed by atoms with Gasteiger partial charge in [-0.25, -0.2) is 0 Å². The zero-order valence-corrected chi connectivity index (χ0v) is 15.4. The van der Waals surface area contributed by atoms with Crippen LogP contribution in [0.5, 0.6) is 5.75 Å². The van der Waals surface area contributed by atoms with Crippen LogP contribution in [0.15, 0.2) is 42.5 Å². The molecule has 0 spiro atoms. The van der Waals surface area contributed by atoms with Gasteiger partial charge in [0, 0.05) is 31.9 Å². The third-order valence-corrected chi connectivity index (χ3v) is 3.96. The van der Waals surface area contributed by atoms with Crippen molar-refractivity contribution < 1.29 is 14.5 Å². The monoisotopic (exact) mass is 357 g/mol. The lowest BCUT2D eigenvalue weighted by molar-refractivity contribution is -0.384. The van der Waals surface area contributed by atoms with E-state index in [0.717, 1.165) is 11.3 Å². The predicted molar refractivity (Wildman–Crippen MR) is 101 cm³/mol. The van der Waals surface area contributed by atoms with E-state index in [0.29, 0.717) is 12.3 Å². The van der Waals surface area contributed by atoms with Crippen LogP contribution in [-0.4, -0.2) is 31.5 Å². The molecule has 1 N–H and O–H groups in total. The van der Waals surface area contributed by atoms with Gasteiger partial charge in [0.2, 0.25) is 0 Å². The second-order valence-electron chi connectivity index (χ2n) is 6.05. The number of benzene rings is 2. The summed E-state index contributed by atoms with van der Waals surface area (Å²) in [5.74, 6) is 0.405. The maximum Gasteiger partial charge on any atom is 0.270 e. The molecule has 0 aromatic heterocycles. The summed E-state index contributed by atoms with van der Waals surface area (Å²) in [5.41, 5.74) is 1.68. The summed E-state index contributed by atoms with van der Waals surface area (Å²) >= 11 is 0. The van der Waals surface area contributed by atoms with Gasteiger partial charge in [-0.1, -0.05) is 12.1 Å². The van der Waals surface area contributed by atoms with Gasteiger partial charge in [-0.05, 0) is 37.6 Å². The Bertz CT molecular complexity index is 788. The molecule has 1 unspecified atom stereocenters. The number of nitro groups is 1. The van der Waals surface area contributed by atoms with Crippen LogP contribution in [-0.2, 0) is 0 Å². The molecule has 0 fully saturated rings. The van der Waals surface area contributed by atoms with Gasteiger partial charge in [-0.2, -0.15) is 0 Å². The van der Waals surface area contributed by atoms with E-state index in [9.17, 15) is 14.9 Å². The summed E-state index contributed by atoms with van der Waals surface area (Å²) in [6, 6.07) is 11.5. The molecule has 0 saturated heterocycles. The van der Waals surface area contributed by atoms with E-state index in [1.807, 2.05) is 38.1 Å². The van der Waals surface area contributed by atoms with Crippen LogP contribution in [0.1, 0.15) is 35.8 Å². The first-order valence-electron chi connectivity index (χ1n) is 8.32. The quantitative estimate of drug-likeness (QED) is 0.605. The topological polar surface area (TPSA) is 84.7 Å². The first-order chi connectivity index (χ1) is 12.3. The summed E-state index contributed by atoms with van der Waals surface area (Å²) in [6.45, 7) is 4.37. The highest BCUT2D eigenvalue weighted by molar-refractivity contribution is 6.00. The number of anilines is 1. The Morgan fingerprint density at radius 2 is 1.88 bits per heavy atom. The Balaban J connectivity index is 2.22. The van der Waals surface area contributed by atoms with E-state index in [-0.39, 0.29) is 23.2 Å². The molecular weight excluding hydrogens is 334 g/mol. The summed E-state index contributed by atoms with van der Waals surface area (Å²) in [7, 11) is 3.57. The first kappa shape index (κ1) is 19.2. The van der Waals surface area contributed by atoms with Gasteiger partial charge in [0.15, 0.2) is 0 Å². The molecule has 0 aliphatic heterocycles. The molecule has 2 aromatic carbocycles. The number of carbonyl (C=O) groups is 1. The van der Waals surface area contributed by atoms with Crippen LogP contribution in [0.25, 0.3) is 0 Å². The van der Waals surface area contributed by atoms with Crippen molar-refractivity contribution in [3.63, 3.8) is 0 Å². The summed E-state index contributed by atoms with van der Waals surface area (Å²) in [5, 5.41) is 13.9. The third-order valence-electron chi connectivity index (χ3n) is 3.96. The zero-order chi connectivity index (χ0) is 19.3. The van der Waals surface area contributed by atoms with Gasteiger partial charge in [0.05, 0.1) is 23.1 Å². The van der Waals surface area contributed by atoms with Crippen molar-refractivity contribution in [2.75, 3.05) is 25.6 Å². The van der Waals surface area contributed by atoms with E-state index in [4.69, 9.17) is 4.74 Å². The standard InChI is InChI=1S/C19H23N3O4/c1-5-26-16-9-6-14(7-10-16)13(2)20-19(23)17-12-15(22(24)25)8-11-18(17)21(3)4/h6-13H,5H2,1-4H3,(H,20,23). The molecule has 26 heavy (non-hydrogen) atoms. The molecule has 0 aliphatic carbocycles. The maximum absolute atomic E-state index is 12.7. The second-order valence-corrected chi connectivity index (χ2v) is 6.05. The van der Waals surface area contributed by atoms with E-state index >= 15 is 0 Å². The van der Waals surface area contributed by atoms with Gasteiger partial charge in [-0.15, -0.1) is 0 Å². The highest BCUT2D eigenvalue weighted by Crippen LogP contribution is 2.25. The van der Waals surface area contributed by atoms with Gasteiger partial charge in [0.1, 0.15) is 5.75 Å². The largest absolute Gasteiger partial charge is 0.494 e. The lowest BCUT2D eigenvalue weighted by atomic mass is 10.1. The third kappa shape index (κ3) is 4.50. The summed E-state index contributed by atoms with van der Waals surface area (Å²) < 4.78 is 5.41. The summed E-state index contributed by atoms with van der Waals surface area (Å²) in [4.78, 5) is 25.0. The molecule has 0 radical (unpaired) electrons. The molecular formula is C19H23N3O4. The number of nitro benzene ring substituents is 1. The fraction of sp³-hybridized carbons (Fsp3) is 0.316. The molecule has 0 saturated carbocycles. The number of nitrogens with one attached hydrogen (secondary N) is 1. The SMILES string of the molecule is CCOc1ccc(C(C)NC(=O)c2cc([N+](=O)[O-])ccc2N(C)C)cc1. The van der Waals surface area contributed by atoms with E-state index in [1.165, 1.54) is 12.1 Å². The smallest absolute Gasteiger partial charge is 0.270 e. The molecule has 0 heterocycles. The van der Waals surface area contributed by atoms with E-state index < -0.39 is 4.92 Å². The number of hydrogen-bond donors (Lipinski definition) is 1. The highest BCUT2D eigenvalue weighted by atomic mass is 16.6. The Morgan fingerprint density at radius 3 is 2.42 bits per heavy atom. The maximum atomic E-state index is 12.7. The van der Waals surface area contributed by atoms with Crippen molar-refractivity contribution in [1.29, 1.82) is 0 Å². The van der Waals surface area contributed by atoms with Gasteiger partial charge < -0.3 is 15.0 Å². The van der Waals surface area contributed by atoms with Gasteiger partial charge >= 0.3 is 0 Å². The fourth-order valence-electron chi connectivity index (χ4n) is 2.59. The highest BCUT2D eigenvalue weighted by Gasteiger charge is 2.19. The zero-order valence-electron chi connectivity index (χ0n) is 15.4. The van der Waals surface area contributed by atoms with Crippen LogP contribution in [0.3, 0.4) is 0 Å². The van der Waals surface area contributed by atoms with Crippen LogP contribution in [0.4, 0.5) is 11.4 Å². The van der Waals surface area contributed by atoms with Crippen LogP contribution in [0, 0.1) is 10.1 Å². The minimum Gasteiger partial charge on any atom is -0.494 e. The second kappa shape index (κ2) is 8.33. The normalized spacial score (nSPS) is 11.5. The Kier molecular flexibility index (Phi) is 6.16. The van der Waals surface area contributed by atoms with Gasteiger partial charge in [-0.3, -0.25) is 14.9 Å². The number of rotatable bonds is 7. The molecule has 2 rings (SSSR count). The average molecular weight is 357 g/mol. The lowest BCUT2D eigenvalue weighted by Gasteiger charge is -2.19.